The van der Waals surface area contributed by atoms with Crippen LogP contribution >= 0.6 is 0 Å². The normalized spacial score (nSPS) is 33.0. The van der Waals surface area contributed by atoms with Gasteiger partial charge in [0.2, 0.25) is 0 Å². The monoisotopic (exact) mass is 1220 g/mol. The minimum Gasteiger partial charge on any atom is -0.483 e. The Morgan fingerprint density at radius 2 is 1.56 bits per heavy atom. The van der Waals surface area contributed by atoms with Gasteiger partial charge in [0, 0.05) is 58.6 Å². The number of fused-ring (bicyclic) bond motifs is 15. The number of ether oxygens (including phenoxy) is 4. The molecule has 16 unspecified atom stereocenters. The standard InChI is InChI=1S/C79H82O12/c1-43(39-81)61-34-48-17-18-49-36-64-58-27-20-44-9-3-5-13-55(44)63(58)38-68(64)78(2)75(90-76(61)85)74(72-69(91-78)30-29-60-65(40-82)71(77(86)89-73(60)72)50(31-32-80)41-87-42-83)88-70(84)37-51-33-46(21-25-54(51)47-22-26-57(48)62(49)35-47)56-14-8-16-67-59(56)28-24-53-12-7-11-52-23-19-45-10-4-6-15-66(45)79(52,53)67/h3-6,8-10,13-16,19-23,25-27,29-30,35,46,48-54,58,63-64,68,74-75,80-83H,7,11-12,17-18,24,28,31-34,36-42H2,1-2H3. The van der Waals surface area contributed by atoms with Gasteiger partial charge >= 0.3 is 17.6 Å². The number of benzene rings is 5. The molecule has 0 radical (unpaired) electrons. The van der Waals surface area contributed by atoms with Crippen LogP contribution in [0.15, 0.2) is 142 Å². The van der Waals surface area contributed by atoms with Gasteiger partial charge < -0.3 is 43.8 Å². The van der Waals surface area contributed by atoms with Crippen LogP contribution < -0.4 is 10.4 Å². The quantitative estimate of drug-likeness (QED) is 0.0354. The molecular formula is C79H82O12. The highest BCUT2D eigenvalue weighted by Crippen LogP contribution is 2.64. The van der Waals surface area contributed by atoms with Crippen LogP contribution in [0.4, 0.5) is 0 Å². The lowest BCUT2D eigenvalue weighted by Crippen LogP contribution is -2.59. The summed E-state index contributed by atoms with van der Waals surface area (Å²) < 4.78 is 34.1. The summed E-state index contributed by atoms with van der Waals surface area (Å²) in [5.41, 5.74) is 12.2. The van der Waals surface area contributed by atoms with E-state index in [9.17, 15) is 25.2 Å². The number of hydrogen-bond acceptors (Lipinski definition) is 12. The fourth-order valence-electron chi connectivity index (χ4n) is 20.6. The molecule has 3 aliphatic heterocycles. The van der Waals surface area contributed by atoms with Crippen molar-refractivity contribution in [3.63, 3.8) is 0 Å². The highest BCUT2D eigenvalue weighted by Gasteiger charge is 2.63. The van der Waals surface area contributed by atoms with Crippen molar-refractivity contribution in [3.8, 4) is 5.75 Å². The summed E-state index contributed by atoms with van der Waals surface area (Å²) in [6.45, 7) is 1.76. The lowest BCUT2D eigenvalue weighted by Gasteiger charge is -2.55. The zero-order valence-corrected chi connectivity index (χ0v) is 52.1. The average Bonchev–Trinajstić information content (AvgIpc) is 1.73. The Balaban J connectivity index is 0.900. The molecule has 0 amide bonds. The molecule has 91 heavy (non-hydrogen) atoms. The molecule has 3 fully saturated rings. The van der Waals surface area contributed by atoms with Crippen LogP contribution in [0.1, 0.15) is 205 Å². The molecule has 2 saturated carbocycles. The Morgan fingerprint density at radius 1 is 0.747 bits per heavy atom. The van der Waals surface area contributed by atoms with Crippen molar-refractivity contribution in [3.05, 3.63) is 215 Å². The van der Waals surface area contributed by atoms with Gasteiger partial charge in [-0.25, -0.2) is 9.59 Å². The van der Waals surface area contributed by atoms with Gasteiger partial charge in [0.15, 0.2) is 17.8 Å². The summed E-state index contributed by atoms with van der Waals surface area (Å²) in [6, 6.07) is 35.4. The number of carbonyl (C=O) groups excluding carboxylic acids is 2. The van der Waals surface area contributed by atoms with E-state index in [1.807, 2.05) is 6.92 Å². The first kappa shape index (κ1) is 58.9. The maximum absolute atomic E-state index is 16.1. The maximum Gasteiger partial charge on any atom is 0.340 e. The third kappa shape index (κ3) is 9.25. The van der Waals surface area contributed by atoms with Crippen LogP contribution in [0, 0.1) is 35.5 Å². The first-order valence-corrected chi connectivity index (χ1v) is 33.8. The van der Waals surface area contributed by atoms with Gasteiger partial charge in [-0.1, -0.05) is 128 Å². The molecule has 6 aromatic rings. The van der Waals surface area contributed by atoms with E-state index in [4.69, 9.17) is 23.4 Å². The van der Waals surface area contributed by atoms with E-state index in [0.29, 0.717) is 53.4 Å². The number of allylic oxidation sites excluding steroid dienone is 4. The van der Waals surface area contributed by atoms with Gasteiger partial charge in [-0.2, -0.15) is 0 Å². The van der Waals surface area contributed by atoms with E-state index in [1.165, 1.54) is 62.9 Å². The van der Waals surface area contributed by atoms with Crippen molar-refractivity contribution in [1.29, 1.82) is 0 Å². The number of aliphatic hydroxyl groups excluding tert-OH is 4. The third-order valence-corrected chi connectivity index (χ3v) is 24.5. The third-order valence-electron chi connectivity index (χ3n) is 24.5. The molecule has 7 bridgehead atoms. The second kappa shape index (κ2) is 23.1. The Morgan fingerprint density at radius 3 is 2.41 bits per heavy atom. The first-order valence-electron chi connectivity index (χ1n) is 33.8. The summed E-state index contributed by atoms with van der Waals surface area (Å²) in [6.07, 6.45) is 21.7. The first-order chi connectivity index (χ1) is 44.4. The van der Waals surface area contributed by atoms with Gasteiger partial charge in [-0.05, 0) is 211 Å². The van der Waals surface area contributed by atoms with E-state index in [1.54, 1.807) is 19.1 Å². The van der Waals surface area contributed by atoms with Gasteiger partial charge in [-0.3, -0.25) is 4.79 Å². The van der Waals surface area contributed by atoms with E-state index in [-0.39, 0.29) is 114 Å². The molecule has 1 spiro atoms. The van der Waals surface area contributed by atoms with Crippen molar-refractivity contribution >= 4 is 35.1 Å². The highest BCUT2D eigenvalue weighted by molar-refractivity contribution is 5.91. The van der Waals surface area contributed by atoms with E-state index in [0.717, 1.165) is 44.1 Å². The zero-order valence-electron chi connectivity index (χ0n) is 52.1. The second-order valence-corrected chi connectivity index (χ2v) is 28.6. The average molecular weight is 1220 g/mol. The maximum atomic E-state index is 16.1. The predicted molar refractivity (Wildman–Crippen MR) is 346 cm³/mol. The molecular weight excluding hydrogens is 1140 g/mol. The molecule has 7 aliphatic carbocycles. The van der Waals surface area contributed by atoms with E-state index >= 15 is 9.59 Å². The predicted octanol–water partition coefficient (Wildman–Crippen LogP) is 13.7. The van der Waals surface area contributed by atoms with Crippen molar-refractivity contribution < 1.29 is 53.4 Å². The number of rotatable bonds is 9. The lowest BCUT2D eigenvalue weighted by atomic mass is 9.48. The molecule has 12 nitrogen and oxygen atoms in total. The van der Waals surface area contributed by atoms with Gasteiger partial charge in [0.1, 0.15) is 18.1 Å². The van der Waals surface area contributed by atoms with Crippen LogP contribution in [0.25, 0.3) is 23.1 Å². The van der Waals surface area contributed by atoms with Crippen LogP contribution in [-0.4, -0.2) is 70.7 Å². The molecule has 5 aromatic carbocycles. The highest BCUT2D eigenvalue weighted by atomic mass is 16.6. The summed E-state index contributed by atoms with van der Waals surface area (Å²) in [7, 11) is 0. The largest absolute Gasteiger partial charge is 0.483 e. The van der Waals surface area contributed by atoms with Crippen LogP contribution in [0.2, 0.25) is 0 Å². The fourth-order valence-corrected chi connectivity index (χ4v) is 20.6. The number of aliphatic hydroxyl groups is 4. The van der Waals surface area contributed by atoms with Crippen LogP contribution in [0.5, 0.6) is 5.75 Å². The fraction of sp³-hybridized carbons (Fsp3) is 0.456. The van der Waals surface area contributed by atoms with Gasteiger partial charge in [0.25, 0.3) is 0 Å². The van der Waals surface area contributed by atoms with Gasteiger partial charge in [-0.15, -0.1) is 0 Å². The molecule has 4 heterocycles. The molecule has 1 aromatic heterocycles. The summed E-state index contributed by atoms with van der Waals surface area (Å²) in [4.78, 5) is 46.9. The SMILES string of the molecule is CC(CO)=C1CC2CCC3CC4C5C=Cc6ccccc6C5CC4C4(C)Oc5ccc6c(CO)c(C(CCO)COCO)c(=O)oc6c5C(OC(=O)CC5CC(c6cccc7c6CCC6CCCC8C=Cc9ccccc9C786)C=CC5c5ccc2c3c5)C4OC1=O. The van der Waals surface area contributed by atoms with Crippen LogP contribution in [0.3, 0.4) is 0 Å². The van der Waals surface area contributed by atoms with E-state index < -0.39 is 54.7 Å². The Labute approximate surface area is 531 Å². The number of hydrogen-bond donors (Lipinski definition) is 4. The summed E-state index contributed by atoms with van der Waals surface area (Å²) in [5, 5.41) is 42.8. The number of carbonyl (C=O) groups is 2. The molecule has 10 aliphatic rings. The molecule has 470 valence electrons. The topological polar surface area (TPSA) is 182 Å². The zero-order chi connectivity index (χ0) is 62.0. The minimum atomic E-state index is -1.40. The molecule has 12 heteroatoms. The van der Waals surface area contributed by atoms with Crippen molar-refractivity contribution in [2.75, 3.05) is 26.6 Å². The van der Waals surface area contributed by atoms with Crippen molar-refractivity contribution in [2.45, 2.75) is 163 Å². The summed E-state index contributed by atoms with van der Waals surface area (Å²) >= 11 is 0. The smallest absolute Gasteiger partial charge is 0.340 e. The Bertz CT molecular complexity index is 4110. The molecule has 4 N–H and O–H groups in total. The Kier molecular flexibility index (Phi) is 15.0. The number of esters is 2. The van der Waals surface area contributed by atoms with E-state index in [2.05, 4.69) is 121 Å². The second-order valence-electron chi connectivity index (χ2n) is 28.6. The van der Waals surface area contributed by atoms with Crippen molar-refractivity contribution in [2.24, 2.45) is 35.5 Å². The molecule has 16 atom stereocenters. The summed E-state index contributed by atoms with van der Waals surface area (Å²) in [5.74, 6) is -1.10. The molecule has 16 rings (SSSR count). The molecule has 1 saturated heterocycles. The van der Waals surface area contributed by atoms with Crippen LogP contribution in [-0.2, 0) is 42.2 Å². The Hall–Kier alpha value is -7.19. The minimum absolute atomic E-state index is 0.000620. The van der Waals surface area contributed by atoms with Gasteiger partial charge in [0.05, 0.1) is 25.4 Å². The lowest BCUT2D eigenvalue weighted by molar-refractivity contribution is -0.202. The van der Waals surface area contributed by atoms with Crippen molar-refractivity contribution in [1.82, 2.24) is 0 Å².